The first-order valence-electron chi connectivity index (χ1n) is 6.68. The van der Waals surface area contributed by atoms with Crippen molar-refractivity contribution in [2.75, 3.05) is 11.1 Å². The molecule has 1 heterocycles. The number of fused-ring (bicyclic) bond motifs is 1. The van der Waals surface area contributed by atoms with Gasteiger partial charge in [0, 0.05) is 17.8 Å². The lowest BCUT2D eigenvalue weighted by molar-refractivity contribution is -0.116. The van der Waals surface area contributed by atoms with Crippen LogP contribution in [0.25, 0.3) is 10.2 Å². The molecule has 0 saturated heterocycles. The summed E-state index contributed by atoms with van der Waals surface area (Å²) in [4.78, 5) is 16.2. The van der Waals surface area contributed by atoms with E-state index in [4.69, 9.17) is 5.73 Å². The normalized spacial score (nSPS) is 10.7. The molecule has 0 aliphatic rings. The van der Waals surface area contributed by atoms with Gasteiger partial charge in [-0.3, -0.25) is 4.79 Å². The molecule has 0 bridgehead atoms. The van der Waals surface area contributed by atoms with Crippen molar-refractivity contribution >= 4 is 38.8 Å². The van der Waals surface area contributed by atoms with Gasteiger partial charge in [0.25, 0.3) is 0 Å². The van der Waals surface area contributed by atoms with Gasteiger partial charge in [-0.25, -0.2) is 4.98 Å². The maximum atomic E-state index is 12.0. The topological polar surface area (TPSA) is 68.0 Å². The Bertz CT molecular complexity index is 765. The number of aromatic nitrogens is 1. The van der Waals surface area contributed by atoms with E-state index in [0.29, 0.717) is 12.8 Å². The Labute approximate surface area is 126 Å². The van der Waals surface area contributed by atoms with Crippen molar-refractivity contribution < 1.29 is 4.79 Å². The Hall–Kier alpha value is -2.40. The molecule has 0 aliphatic carbocycles. The van der Waals surface area contributed by atoms with E-state index in [1.165, 1.54) is 0 Å². The third kappa shape index (κ3) is 3.38. The minimum atomic E-state index is 0.00990. The summed E-state index contributed by atoms with van der Waals surface area (Å²) in [6.07, 6.45) is 1.15. The summed E-state index contributed by atoms with van der Waals surface area (Å²) in [5.41, 5.74) is 11.1. The molecule has 106 valence electrons. The summed E-state index contributed by atoms with van der Waals surface area (Å²) < 4.78 is 1.08. The fourth-order valence-corrected chi connectivity index (χ4v) is 2.81. The lowest BCUT2D eigenvalue weighted by Gasteiger charge is -2.05. The molecule has 2 aromatic carbocycles. The molecule has 21 heavy (non-hydrogen) atoms. The van der Waals surface area contributed by atoms with E-state index < -0.39 is 0 Å². The highest BCUT2D eigenvalue weighted by Gasteiger charge is 2.05. The minimum Gasteiger partial charge on any atom is -0.399 e. The van der Waals surface area contributed by atoms with Gasteiger partial charge in [-0.1, -0.05) is 12.1 Å². The van der Waals surface area contributed by atoms with E-state index in [9.17, 15) is 4.79 Å². The van der Waals surface area contributed by atoms with Gasteiger partial charge in [0.15, 0.2) is 0 Å². The Morgan fingerprint density at radius 1 is 1.19 bits per heavy atom. The molecule has 0 radical (unpaired) electrons. The predicted molar refractivity (Wildman–Crippen MR) is 87.4 cm³/mol. The molecule has 4 nitrogen and oxygen atoms in total. The SMILES string of the molecule is Nc1ccc(CCC(=O)Nc2ccc3ncsc3c2)cc1. The smallest absolute Gasteiger partial charge is 0.224 e. The number of nitrogens with two attached hydrogens (primary N) is 1. The molecule has 1 aromatic heterocycles. The molecule has 0 saturated carbocycles. The molecule has 1 amide bonds. The highest BCUT2D eigenvalue weighted by atomic mass is 32.1. The highest BCUT2D eigenvalue weighted by molar-refractivity contribution is 7.16. The van der Waals surface area contributed by atoms with Crippen LogP contribution in [0.3, 0.4) is 0 Å². The van der Waals surface area contributed by atoms with Crippen LogP contribution < -0.4 is 11.1 Å². The number of carbonyl (C=O) groups is 1. The molecule has 3 aromatic rings. The molecule has 0 spiro atoms. The number of nitrogens with one attached hydrogen (secondary N) is 1. The van der Waals surface area contributed by atoms with E-state index in [2.05, 4.69) is 10.3 Å². The number of rotatable bonds is 4. The Morgan fingerprint density at radius 2 is 2.00 bits per heavy atom. The highest BCUT2D eigenvalue weighted by Crippen LogP contribution is 2.22. The number of thiazole rings is 1. The van der Waals surface area contributed by atoms with Gasteiger partial charge < -0.3 is 11.1 Å². The van der Waals surface area contributed by atoms with E-state index in [1.54, 1.807) is 16.8 Å². The standard InChI is InChI=1S/C16H15N3OS/c17-12-4-1-11(2-5-12)3-8-16(20)19-13-6-7-14-15(9-13)21-10-18-14/h1-2,4-7,9-10H,3,8,17H2,(H,19,20). The molecular weight excluding hydrogens is 282 g/mol. The van der Waals surface area contributed by atoms with Crippen LogP contribution in [0, 0.1) is 0 Å². The zero-order valence-electron chi connectivity index (χ0n) is 11.4. The number of hydrogen-bond acceptors (Lipinski definition) is 4. The quantitative estimate of drug-likeness (QED) is 0.725. The van der Waals surface area contributed by atoms with Gasteiger partial charge in [-0.2, -0.15) is 0 Å². The summed E-state index contributed by atoms with van der Waals surface area (Å²) in [6, 6.07) is 13.4. The number of anilines is 2. The second-order valence-electron chi connectivity index (χ2n) is 4.82. The number of benzene rings is 2. The summed E-state index contributed by atoms with van der Waals surface area (Å²) in [6.45, 7) is 0. The average Bonchev–Trinajstić information content (AvgIpc) is 2.94. The maximum Gasteiger partial charge on any atom is 0.224 e. The van der Waals surface area contributed by atoms with E-state index >= 15 is 0 Å². The van der Waals surface area contributed by atoms with Crippen LogP contribution in [0.4, 0.5) is 11.4 Å². The zero-order chi connectivity index (χ0) is 14.7. The molecule has 3 rings (SSSR count). The van der Waals surface area contributed by atoms with E-state index in [0.717, 1.165) is 27.2 Å². The molecule has 3 N–H and O–H groups in total. The van der Waals surface area contributed by atoms with Gasteiger partial charge in [-0.15, -0.1) is 11.3 Å². The number of nitrogens with zero attached hydrogens (tertiary/aromatic N) is 1. The molecule has 0 aliphatic heterocycles. The van der Waals surface area contributed by atoms with Crippen molar-refractivity contribution in [2.24, 2.45) is 0 Å². The first-order chi connectivity index (χ1) is 10.2. The van der Waals surface area contributed by atoms with Crippen LogP contribution in [0.2, 0.25) is 0 Å². The second-order valence-corrected chi connectivity index (χ2v) is 5.71. The van der Waals surface area contributed by atoms with Crippen molar-refractivity contribution in [1.29, 1.82) is 0 Å². The number of hydrogen-bond donors (Lipinski definition) is 2. The van der Waals surface area contributed by atoms with Crippen LogP contribution in [0.1, 0.15) is 12.0 Å². The number of nitrogen functional groups attached to an aromatic ring is 1. The minimum absolute atomic E-state index is 0.00990. The summed E-state index contributed by atoms with van der Waals surface area (Å²) in [5.74, 6) is 0.00990. The lowest BCUT2D eigenvalue weighted by atomic mass is 10.1. The van der Waals surface area contributed by atoms with Crippen LogP contribution in [0.15, 0.2) is 48.0 Å². The van der Waals surface area contributed by atoms with Crippen LogP contribution >= 0.6 is 11.3 Å². The summed E-state index contributed by atoms with van der Waals surface area (Å²) in [7, 11) is 0. The van der Waals surface area contributed by atoms with E-state index in [1.807, 2.05) is 42.5 Å². The first-order valence-corrected chi connectivity index (χ1v) is 7.56. The van der Waals surface area contributed by atoms with Crippen LogP contribution in [-0.4, -0.2) is 10.9 Å². The predicted octanol–water partition coefficient (Wildman–Crippen LogP) is 3.45. The molecule has 0 atom stereocenters. The van der Waals surface area contributed by atoms with Crippen molar-refractivity contribution in [1.82, 2.24) is 4.98 Å². The third-order valence-corrected chi connectivity index (χ3v) is 4.03. The molecule has 0 unspecified atom stereocenters. The number of carbonyl (C=O) groups excluding carboxylic acids is 1. The van der Waals surface area contributed by atoms with Crippen LogP contribution in [-0.2, 0) is 11.2 Å². The van der Waals surface area contributed by atoms with Gasteiger partial charge in [-0.05, 0) is 42.3 Å². The maximum absolute atomic E-state index is 12.0. The Balaban J connectivity index is 1.59. The summed E-state index contributed by atoms with van der Waals surface area (Å²) >= 11 is 1.57. The Kier molecular flexibility index (Phi) is 3.83. The average molecular weight is 297 g/mol. The van der Waals surface area contributed by atoms with Crippen molar-refractivity contribution in [3.8, 4) is 0 Å². The monoisotopic (exact) mass is 297 g/mol. The van der Waals surface area contributed by atoms with E-state index in [-0.39, 0.29) is 5.91 Å². The Morgan fingerprint density at radius 3 is 2.81 bits per heavy atom. The first kappa shape index (κ1) is 13.6. The van der Waals surface area contributed by atoms with Gasteiger partial charge in [0.1, 0.15) is 0 Å². The fourth-order valence-electron chi connectivity index (χ4n) is 2.10. The van der Waals surface area contributed by atoms with Crippen LogP contribution in [0.5, 0.6) is 0 Å². The van der Waals surface area contributed by atoms with Crippen molar-refractivity contribution in [2.45, 2.75) is 12.8 Å². The number of aryl methyl sites for hydroxylation is 1. The third-order valence-electron chi connectivity index (χ3n) is 3.24. The lowest BCUT2D eigenvalue weighted by Crippen LogP contribution is -2.12. The number of amides is 1. The largest absolute Gasteiger partial charge is 0.399 e. The van der Waals surface area contributed by atoms with Gasteiger partial charge >= 0.3 is 0 Å². The van der Waals surface area contributed by atoms with Crippen molar-refractivity contribution in [3.63, 3.8) is 0 Å². The molecular formula is C16H15N3OS. The fraction of sp³-hybridized carbons (Fsp3) is 0.125. The van der Waals surface area contributed by atoms with Crippen molar-refractivity contribution in [3.05, 3.63) is 53.5 Å². The zero-order valence-corrected chi connectivity index (χ0v) is 12.2. The van der Waals surface area contributed by atoms with Gasteiger partial charge in [0.2, 0.25) is 5.91 Å². The van der Waals surface area contributed by atoms with Gasteiger partial charge in [0.05, 0.1) is 15.7 Å². The molecule has 5 heteroatoms. The summed E-state index contributed by atoms with van der Waals surface area (Å²) in [5, 5.41) is 2.92. The molecule has 0 fully saturated rings. The second kappa shape index (κ2) is 5.93.